The molecule has 0 aliphatic carbocycles. The number of phenols is 1. The Kier molecular flexibility index (Phi) is 5.07. The van der Waals surface area contributed by atoms with E-state index in [1.807, 2.05) is 0 Å². The maximum atomic E-state index is 9.76. The number of hydrogen-bond donors (Lipinski definition) is 3. The molecule has 0 radical (unpaired) electrons. The lowest BCUT2D eigenvalue weighted by atomic mass is 10.2. The van der Waals surface area contributed by atoms with Crippen molar-refractivity contribution in [1.29, 1.82) is 0 Å². The molecular weight excluding hydrogens is 276 g/mol. The lowest BCUT2D eigenvalue weighted by Crippen LogP contribution is -2.11. The predicted octanol–water partition coefficient (Wildman–Crippen LogP) is 1.08. The highest BCUT2D eigenvalue weighted by molar-refractivity contribution is 9.10. The quantitative estimate of drug-likeness (QED) is 0.431. The van der Waals surface area contributed by atoms with Gasteiger partial charge in [-0.15, -0.1) is 0 Å². The van der Waals surface area contributed by atoms with Gasteiger partial charge in [0.25, 0.3) is 0 Å². The summed E-state index contributed by atoms with van der Waals surface area (Å²) in [7, 11) is 1.48. The molecule has 0 fully saturated rings. The van der Waals surface area contributed by atoms with Crippen LogP contribution in [0.5, 0.6) is 11.5 Å². The maximum absolute atomic E-state index is 9.76. The molecule has 0 heterocycles. The lowest BCUT2D eigenvalue weighted by Gasteiger charge is -2.06. The van der Waals surface area contributed by atoms with Gasteiger partial charge < -0.3 is 20.4 Å². The van der Waals surface area contributed by atoms with Crippen molar-refractivity contribution in [3.8, 4) is 11.5 Å². The van der Waals surface area contributed by atoms with Crippen LogP contribution in [0.2, 0.25) is 0 Å². The number of nitrogens with one attached hydrogen (secondary N) is 1. The van der Waals surface area contributed by atoms with Crippen LogP contribution >= 0.6 is 15.9 Å². The molecule has 0 unspecified atom stereocenters. The minimum absolute atomic E-state index is 0.00509. The number of nitrogens with zero attached hydrogens (tertiary/aromatic N) is 1. The fourth-order valence-corrected chi connectivity index (χ4v) is 1.53. The molecule has 0 aromatic heterocycles. The number of hydrogen-bond acceptors (Lipinski definition) is 5. The Morgan fingerprint density at radius 2 is 2.31 bits per heavy atom. The molecule has 16 heavy (non-hydrogen) atoms. The Balaban J connectivity index is 2.86. The van der Waals surface area contributed by atoms with Gasteiger partial charge in [-0.1, -0.05) is 15.9 Å². The van der Waals surface area contributed by atoms with Crippen LogP contribution in [-0.4, -0.2) is 36.7 Å². The second-order valence-electron chi connectivity index (χ2n) is 2.94. The largest absolute Gasteiger partial charge is 0.504 e. The van der Waals surface area contributed by atoms with E-state index in [1.165, 1.54) is 13.3 Å². The van der Waals surface area contributed by atoms with Crippen molar-refractivity contribution in [3.05, 3.63) is 22.2 Å². The number of aromatic hydroxyl groups is 1. The third-order valence-corrected chi connectivity index (χ3v) is 2.27. The van der Waals surface area contributed by atoms with Crippen molar-refractivity contribution in [2.45, 2.75) is 0 Å². The fourth-order valence-electron chi connectivity index (χ4n) is 1.08. The Morgan fingerprint density at radius 1 is 1.56 bits per heavy atom. The van der Waals surface area contributed by atoms with Crippen LogP contribution in [0.1, 0.15) is 5.56 Å². The van der Waals surface area contributed by atoms with Crippen LogP contribution in [0.3, 0.4) is 0 Å². The van der Waals surface area contributed by atoms with Crippen molar-refractivity contribution < 1.29 is 14.9 Å². The first-order valence-electron chi connectivity index (χ1n) is 4.62. The van der Waals surface area contributed by atoms with E-state index in [9.17, 15) is 5.11 Å². The number of methoxy groups -OCH3 is 1. The summed E-state index contributed by atoms with van der Waals surface area (Å²) in [6.45, 7) is 0.369. The van der Waals surface area contributed by atoms with Crippen LogP contribution in [0.25, 0.3) is 0 Å². The minimum Gasteiger partial charge on any atom is -0.504 e. The van der Waals surface area contributed by atoms with Gasteiger partial charge in [0, 0.05) is 10.0 Å². The standard InChI is InChI=1S/C10H13BrN2O3/c1-16-9-5-8(11)4-7(10(9)15)6-13-12-2-3-14/h4-6,12,14-15H,2-3H2,1H3. The number of aliphatic hydroxyl groups excluding tert-OH is 1. The van der Waals surface area contributed by atoms with E-state index in [-0.39, 0.29) is 12.4 Å². The molecule has 1 aromatic rings. The molecule has 0 bridgehead atoms. The number of ether oxygens (including phenoxy) is 1. The Morgan fingerprint density at radius 3 is 2.94 bits per heavy atom. The van der Waals surface area contributed by atoms with Gasteiger partial charge in [-0.25, -0.2) is 0 Å². The number of aliphatic hydroxyl groups is 1. The molecule has 0 aliphatic heterocycles. The van der Waals surface area contributed by atoms with Crippen molar-refractivity contribution in [2.75, 3.05) is 20.3 Å². The molecule has 0 amide bonds. The first-order chi connectivity index (χ1) is 7.69. The second kappa shape index (κ2) is 6.34. The Labute approximate surface area is 102 Å². The highest BCUT2D eigenvalue weighted by Crippen LogP contribution is 2.32. The topological polar surface area (TPSA) is 74.1 Å². The highest BCUT2D eigenvalue weighted by atomic mass is 79.9. The number of phenolic OH excluding ortho intramolecular Hbond substituents is 1. The van der Waals surface area contributed by atoms with Gasteiger partial charge in [-0.2, -0.15) is 5.10 Å². The molecule has 1 rings (SSSR count). The van der Waals surface area contributed by atoms with Crippen LogP contribution in [-0.2, 0) is 0 Å². The summed E-state index contributed by atoms with van der Waals surface area (Å²) in [6.07, 6.45) is 1.46. The minimum atomic E-state index is 0.00509. The van der Waals surface area contributed by atoms with E-state index in [2.05, 4.69) is 26.5 Å². The van der Waals surface area contributed by atoms with Gasteiger partial charge in [0.05, 0.1) is 26.5 Å². The lowest BCUT2D eigenvalue weighted by molar-refractivity contribution is 0.294. The van der Waals surface area contributed by atoms with Crippen LogP contribution in [0.15, 0.2) is 21.7 Å². The highest BCUT2D eigenvalue weighted by Gasteiger charge is 2.07. The number of rotatable bonds is 5. The summed E-state index contributed by atoms with van der Waals surface area (Å²) in [6, 6.07) is 3.37. The fraction of sp³-hybridized carbons (Fsp3) is 0.300. The zero-order valence-electron chi connectivity index (χ0n) is 8.77. The van der Waals surface area contributed by atoms with E-state index < -0.39 is 0 Å². The van der Waals surface area contributed by atoms with Gasteiger partial charge >= 0.3 is 0 Å². The normalized spacial score (nSPS) is 10.7. The monoisotopic (exact) mass is 288 g/mol. The van der Waals surface area contributed by atoms with Crippen LogP contribution in [0.4, 0.5) is 0 Å². The summed E-state index contributed by atoms with van der Waals surface area (Å²) >= 11 is 3.30. The first kappa shape index (κ1) is 12.8. The zero-order valence-corrected chi connectivity index (χ0v) is 10.4. The summed E-state index contributed by atoms with van der Waals surface area (Å²) in [5.74, 6) is 0.401. The molecule has 0 spiro atoms. The van der Waals surface area contributed by atoms with Crippen molar-refractivity contribution >= 4 is 22.1 Å². The van der Waals surface area contributed by atoms with Gasteiger partial charge in [0.2, 0.25) is 0 Å². The summed E-state index contributed by atoms with van der Waals surface area (Å²) in [4.78, 5) is 0. The third kappa shape index (κ3) is 3.39. The summed E-state index contributed by atoms with van der Waals surface area (Å²) in [5, 5.41) is 22.1. The van der Waals surface area contributed by atoms with Gasteiger partial charge in [-0.3, -0.25) is 0 Å². The van der Waals surface area contributed by atoms with Crippen molar-refractivity contribution in [2.24, 2.45) is 5.10 Å². The van der Waals surface area contributed by atoms with E-state index >= 15 is 0 Å². The molecule has 3 N–H and O–H groups in total. The summed E-state index contributed by atoms with van der Waals surface area (Å²) in [5.41, 5.74) is 3.14. The molecule has 6 heteroatoms. The van der Waals surface area contributed by atoms with E-state index in [4.69, 9.17) is 9.84 Å². The molecule has 0 saturated carbocycles. The first-order valence-corrected chi connectivity index (χ1v) is 5.41. The third-order valence-electron chi connectivity index (χ3n) is 1.81. The van der Waals surface area contributed by atoms with E-state index in [0.29, 0.717) is 17.9 Å². The van der Waals surface area contributed by atoms with Crippen molar-refractivity contribution in [3.63, 3.8) is 0 Å². The van der Waals surface area contributed by atoms with Crippen LogP contribution < -0.4 is 10.2 Å². The smallest absolute Gasteiger partial charge is 0.166 e. The van der Waals surface area contributed by atoms with Gasteiger partial charge in [0.1, 0.15) is 0 Å². The molecule has 88 valence electrons. The molecule has 0 atom stereocenters. The Hall–Kier alpha value is -1.27. The van der Waals surface area contributed by atoms with Gasteiger partial charge in [-0.05, 0) is 12.1 Å². The maximum Gasteiger partial charge on any atom is 0.166 e. The molecule has 5 nitrogen and oxygen atoms in total. The number of benzene rings is 1. The average molecular weight is 289 g/mol. The predicted molar refractivity (Wildman–Crippen MR) is 65.0 cm³/mol. The zero-order chi connectivity index (χ0) is 12.0. The number of halogens is 1. The molecule has 1 aromatic carbocycles. The van der Waals surface area contributed by atoms with Crippen molar-refractivity contribution in [1.82, 2.24) is 5.43 Å². The van der Waals surface area contributed by atoms with E-state index in [1.54, 1.807) is 12.1 Å². The van der Waals surface area contributed by atoms with E-state index in [0.717, 1.165) is 4.47 Å². The van der Waals surface area contributed by atoms with Gasteiger partial charge in [0.15, 0.2) is 11.5 Å². The number of hydrazone groups is 1. The SMILES string of the molecule is COc1cc(Br)cc(C=NNCCO)c1O. The average Bonchev–Trinajstić information content (AvgIpc) is 2.28. The second-order valence-corrected chi connectivity index (χ2v) is 3.85. The van der Waals surface area contributed by atoms with Crippen LogP contribution in [0, 0.1) is 0 Å². The Bertz CT molecular complexity index is 383. The summed E-state index contributed by atoms with van der Waals surface area (Å²) < 4.78 is 5.77. The molecule has 0 aliphatic rings. The molecule has 0 saturated heterocycles. The molecular formula is C10H13BrN2O3.